The van der Waals surface area contributed by atoms with Crippen molar-refractivity contribution < 1.29 is 4.74 Å². The Morgan fingerprint density at radius 3 is 2.30 bits per heavy atom. The maximum Gasteiger partial charge on any atom is 0.0594 e. The summed E-state index contributed by atoms with van der Waals surface area (Å²) in [5.74, 6) is 0.430. The first kappa shape index (κ1) is 16.2. The van der Waals surface area contributed by atoms with Gasteiger partial charge in [-0.05, 0) is 50.1 Å². The van der Waals surface area contributed by atoms with Crippen molar-refractivity contribution in [2.75, 3.05) is 32.8 Å². The van der Waals surface area contributed by atoms with E-state index in [2.05, 4.69) is 66.2 Å². The van der Waals surface area contributed by atoms with Gasteiger partial charge in [0.1, 0.15) is 0 Å². The minimum absolute atomic E-state index is 0.430. The van der Waals surface area contributed by atoms with Crippen LogP contribution in [0.2, 0.25) is 0 Å². The fourth-order valence-corrected chi connectivity index (χ4v) is 3.42. The highest BCUT2D eigenvalue weighted by molar-refractivity contribution is 5.34. The van der Waals surface area contributed by atoms with Gasteiger partial charge in [-0.2, -0.15) is 0 Å². The zero-order chi connectivity index (χ0) is 16.1. The van der Waals surface area contributed by atoms with E-state index in [4.69, 9.17) is 4.74 Å². The fourth-order valence-electron chi connectivity index (χ4n) is 3.42. The van der Waals surface area contributed by atoms with Gasteiger partial charge in [-0.3, -0.25) is 9.88 Å². The van der Waals surface area contributed by atoms with Gasteiger partial charge in [0.25, 0.3) is 0 Å². The normalized spacial score (nSPS) is 17.1. The number of hydrogen-bond acceptors (Lipinski definition) is 3. The van der Waals surface area contributed by atoms with Crippen LogP contribution in [-0.4, -0.2) is 42.7 Å². The van der Waals surface area contributed by atoms with Crippen molar-refractivity contribution in [2.24, 2.45) is 0 Å². The number of aryl methyl sites for hydroxylation is 2. The van der Waals surface area contributed by atoms with E-state index in [0.717, 1.165) is 50.7 Å². The lowest BCUT2D eigenvalue weighted by molar-refractivity contribution is 0.0369. The predicted molar refractivity (Wildman–Crippen MR) is 93.9 cm³/mol. The van der Waals surface area contributed by atoms with Gasteiger partial charge >= 0.3 is 0 Å². The third-order valence-corrected chi connectivity index (χ3v) is 4.55. The molecule has 122 valence electrons. The number of rotatable bonds is 5. The Bertz CT molecular complexity index is 601. The van der Waals surface area contributed by atoms with Crippen LogP contribution in [0.15, 0.2) is 42.5 Å². The molecule has 1 atom stereocenters. The molecule has 0 saturated carbocycles. The largest absolute Gasteiger partial charge is 0.379 e. The summed E-state index contributed by atoms with van der Waals surface area (Å²) in [5.41, 5.74) is 4.99. The third-order valence-electron chi connectivity index (χ3n) is 4.55. The summed E-state index contributed by atoms with van der Waals surface area (Å²) in [6, 6.07) is 15.3. The van der Waals surface area contributed by atoms with Crippen molar-refractivity contribution in [2.45, 2.75) is 26.2 Å². The number of ether oxygens (including phenoxy) is 1. The second-order valence-electron chi connectivity index (χ2n) is 6.39. The fraction of sp³-hybridized carbons (Fsp3) is 0.450. The first-order valence-corrected chi connectivity index (χ1v) is 8.52. The topological polar surface area (TPSA) is 25.4 Å². The summed E-state index contributed by atoms with van der Waals surface area (Å²) >= 11 is 0. The molecular formula is C20H26N2O. The molecule has 0 aliphatic carbocycles. The average molecular weight is 310 g/mol. The highest BCUT2D eigenvalue weighted by Crippen LogP contribution is 2.29. The zero-order valence-corrected chi connectivity index (χ0v) is 14.2. The van der Waals surface area contributed by atoms with Crippen LogP contribution in [0.5, 0.6) is 0 Å². The Morgan fingerprint density at radius 1 is 1.00 bits per heavy atom. The van der Waals surface area contributed by atoms with E-state index < -0.39 is 0 Å². The lowest BCUT2D eigenvalue weighted by Gasteiger charge is -2.28. The summed E-state index contributed by atoms with van der Waals surface area (Å²) in [6.45, 7) is 9.11. The predicted octanol–water partition coefficient (Wildman–Crippen LogP) is 3.55. The number of hydrogen-bond donors (Lipinski definition) is 0. The van der Waals surface area contributed by atoms with Crippen molar-refractivity contribution in [3.05, 3.63) is 65.0 Å². The van der Waals surface area contributed by atoms with E-state index in [9.17, 15) is 0 Å². The van der Waals surface area contributed by atoms with Crippen LogP contribution in [0.1, 0.15) is 34.9 Å². The first-order valence-electron chi connectivity index (χ1n) is 8.52. The molecule has 3 rings (SSSR count). The molecule has 0 bridgehead atoms. The summed E-state index contributed by atoms with van der Waals surface area (Å²) < 4.78 is 5.46. The monoisotopic (exact) mass is 310 g/mol. The molecule has 1 fully saturated rings. The van der Waals surface area contributed by atoms with Gasteiger partial charge in [0, 0.05) is 30.4 Å². The standard InChI is InChI=1S/C20H26N2O/c1-16-14-19(15-17(2)21-16)20(18-6-4-3-5-7-18)8-9-22-10-12-23-13-11-22/h3-7,14-15,20H,8-13H2,1-2H3. The Balaban J connectivity index is 1.81. The molecule has 0 radical (unpaired) electrons. The highest BCUT2D eigenvalue weighted by atomic mass is 16.5. The van der Waals surface area contributed by atoms with E-state index in [1.54, 1.807) is 0 Å². The van der Waals surface area contributed by atoms with E-state index >= 15 is 0 Å². The van der Waals surface area contributed by atoms with E-state index in [1.807, 2.05) is 0 Å². The summed E-state index contributed by atoms with van der Waals surface area (Å²) in [7, 11) is 0. The lowest BCUT2D eigenvalue weighted by Crippen LogP contribution is -2.37. The van der Waals surface area contributed by atoms with Crippen LogP contribution in [0.25, 0.3) is 0 Å². The molecule has 0 amide bonds. The minimum atomic E-state index is 0.430. The molecule has 1 aliphatic heterocycles. The number of morpholine rings is 1. The second kappa shape index (κ2) is 7.71. The third kappa shape index (κ3) is 4.40. The molecule has 1 aliphatic rings. The van der Waals surface area contributed by atoms with Gasteiger partial charge in [0.2, 0.25) is 0 Å². The molecule has 1 aromatic heterocycles. The van der Waals surface area contributed by atoms with Gasteiger partial charge in [-0.1, -0.05) is 30.3 Å². The molecule has 3 heteroatoms. The maximum absolute atomic E-state index is 5.46. The molecule has 23 heavy (non-hydrogen) atoms. The van der Waals surface area contributed by atoms with Crippen LogP contribution in [0.4, 0.5) is 0 Å². The highest BCUT2D eigenvalue weighted by Gasteiger charge is 2.18. The molecule has 1 aromatic carbocycles. The maximum atomic E-state index is 5.46. The van der Waals surface area contributed by atoms with E-state index in [1.165, 1.54) is 11.1 Å². The number of pyridine rings is 1. The molecule has 2 aromatic rings. The summed E-state index contributed by atoms with van der Waals surface area (Å²) in [6.07, 6.45) is 1.13. The van der Waals surface area contributed by atoms with Crippen molar-refractivity contribution >= 4 is 0 Å². The van der Waals surface area contributed by atoms with Crippen LogP contribution < -0.4 is 0 Å². The van der Waals surface area contributed by atoms with Gasteiger partial charge in [0.05, 0.1) is 13.2 Å². The van der Waals surface area contributed by atoms with Crippen molar-refractivity contribution in [3.63, 3.8) is 0 Å². The van der Waals surface area contributed by atoms with Crippen LogP contribution in [0, 0.1) is 13.8 Å². The first-order chi connectivity index (χ1) is 11.2. The lowest BCUT2D eigenvalue weighted by atomic mass is 9.88. The molecule has 0 N–H and O–H groups in total. The average Bonchev–Trinajstić information content (AvgIpc) is 2.56. The van der Waals surface area contributed by atoms with E-state index in [0.29, 0.717) is 5.92 Å². The zero-order valence-electron chi connectivity index (χ0n) is 14.2. The minimum Gasteiger partial charge on any atom is -0.379 e. The Labute approximate surface area is 139 Å². The molecule has 0 spiro atoms. The van der Waals surface area contributed by atoms with Crippen LogP contribution >= 0.6 is 0 Å². The quantitative estimate of drug-likeness (QED) is 0.844. The van der Waals surface area contributed by atoms with Gasteiger partial charge in [0.15, 0.2) is 0 Å². The number of nitrogens with zero attached hydrogens (tertiary/aromatic N) is 2. The molecule has 3 nitrogen and oxygen atoms in total. The van der Waals surface area contributed by atoms with Gasteiger partial charge in [-0.25, -0.2) is 0 Å². The van der Waals surface area contributed by atoms with E-state index in [-0.39, 0.29) is 0 Å². The summed E-state index contributed by atoms with van der Waals surface area (Å²) in [4.78, 5) is 7.05. The number of benzene rings is 1. The van der Waals surface area contributed by atoms with Gasteiger partial charge in [-0.15, -0.1) is 0 Å². The SMILES string of the molecule is Cc1cc(C(CCN2CCOCC2)c2ccccc2)cc(C)n1. The molecular weight excluding hydrogens is 284 g/mol. The van der Waals surface area contributed by atoms with Crippen molar-refractivity contribution in [1.82, 2.24) is 9.88 Å². The Kier molecular flexibility index (Phi) is 5.42. The van der Waals surface area contributed by atoms with Crippen molar-refractivity contribution in [1.29, 1.82) is 0 Å². The van der Waals surface area contributed by atoms with Crippen LogP contribution in [-0.2, 0) is 4.74 Å². The Hall–Kier alpha value is -1.71. The van der Waals surface area contributed by atoms with Crippen molar-refractivity contribution in [3.8, 4) is 0 Å². The van der Waals surface area contributed by atoms with Gasteiger partial charge < -0.3 is 4.74 Å². The second-order valence-corrected chi connectivity index (χ2v) is 6.39. The summed E-state index contributed by atoms with van der Waals surface area (Å²) in [5, 5.41) is 0. The smallest absolute Gasteiger partial charge is 0.0594 e. The molecule has 1 saturated heterocycles. The van der Waals surface area contributed by atoms with Crippen LogP contribution in [0.3, 0.4) is 0 Å². The Morgan fingerprint density at radius 2 is 1.65 bits per heavy atom. The number of aromatic nitrogens is 1. The molecule has 2 heterocycles. The molecule has 1 unspecified atom stereocenters.